The molecule has 2 aromatic heterocycles. The van der Waals surface area contributed by atoms with Crippen LogP contribution in [0, 0.1) is 17.8 Å². The number of carbonyl (C=O) groups is 2. The van der Waals surface area contributed by atoms with E-state index >= 15 is 0 Å². The molecule has 0 aromatic carbocycles. The molecule has 3 aliphatic rings. The van der Waals surface area contributed by atoms with Crippen molar-refractivity contribution in [3.63, 3.8) is 0 Å². The summed E-state index contributed by atoms with van der Waals surface area (Å²) in [6, 6.07) is 3.96. The number of likely N-dealkylation sites (tertiary alicyclic amines) is 1. The highest BCUT2D eigenvalue weighted by Crippen LogP contribution is 2.31. The van der Waals surface area contributed by atoms with Gasteiger partial charge in [0.2, 0.25) is 5.91 Å². The molecule has 2 saturated heterocycles. The fraction of sp³-hybridized carbons (Fsp3) is 0.640. The predicted octanol–water partition coefficient (Wildman–Crippen LogP) is 3.86. The summed E-state index contributed by atoms with van der Waals surface area (Å²) in [7, 11) is 0. The normalized spacial score (nSPS) is 26.0. The molecule has 4 heterocycles. The number of nitrogens with one attached hydrogen (secondary N) is 1. The van der Waals surface area contributed by atoms with Crippen LogP contribution < -0.4 is 10.2 Å². The number of pyridine rings is 1. The molecule has 3 fully saturated rings. The third kappa shape index (κ3) is 4.68. The summed E-state index contributed by atoms with van der Waals surface area (Å²) >= 11 is 0. The molecule has 2 aromatic rings. The van der Waals surface area contributed by atoms with Gasteiger partial charge in [-0.25, -0.2) is 9.31 Å². The van der Waals surface area contributed by atoms with E-state index in [2.05, 4.69) is 34.4 Å². The second-order valence-corrected chi connectivity index (χ2v) is 10.2. The highest BCUT2D eigenvalue weighted by molar-refractivity contribution is 6.07. The molecule has 0 bridgehead atoms. The van der Waals surface area contributed by atoms with Crippen molar-refractivity contribution in [2.24, 2.45) is 17.8 Å². The number of urea groups is 1. The van der Waals surface area contributed by atoms with Gasteiger partial charge in [0.25, 0.3) is 0 Å². The number of anilines is 1. The molecule has 1 N–H and O–H groups in total. The Bertz CT molecular complexity index is 970. The molecule has 172 valence electrons. The smallest absolute Gasteiger partial charge is 0.303 e. The van der Waals surface area contributed by atoms with Gasteiger partial charge < -0.3 is 4.90 Å². The first-order valence-electron chi connectivity index (χ1n) is 12.3. The summed E-state index contributed by atoms with van der Waals surface area (Å²) < 4.78 is 1.82. The Morgan fingerprint density at radius 2 is 1.81 bits per heavy atom. The lowest BCUT2D eigenvalue weighted by molar-refractivity contribution is -0.120. The lowest BCUT2D eigenvalue weighted by Gasteiger charge is -2.36. The number of aromatic nitrogens is 2. The van der Waals surface area contributed by atoms with Crippen LogP contribution in [-0.2, 0) is 11.2 Å². The van der Waals surface area contributed by atoms with Gasteiger partial charge in [0.05, 0.1) is 17.4 Å². The second-order valence-electron chi connectivity index (χ2n) is 10.2. The zero-order chi connectivity index (χ0) is 22.1. The lowest BCUT2D eigenvalue weighted by Crippen LogP contribution is -2.49. The Balaban J connectivity index is 1.19. The molecule has 5 rings (SSSR count). The quantitative estimate of drug-likeness (QED) is 0.771. The van der Waals surface area contributed by atoms with Crippen LogP contribution in [0.15, 0.2) is 24.5 Å². The van der Waals surface area contributed by atoms with Gasteiger partial charge in [-0.3, -0.25) is 15.0 Å². The molecule has 2 aliphatic heterocycles. The molecule has 0 unspecified atom stereocenters. The molecule has 0 radical (unpaired) electrons. The van der Waals surface area contributed by atoms with E-state index in [0.29, 0.717) is 18.9 Å². The van der Waals surface area contributed by atoms with E-state index < -0.39 is 0 Å². The average Bonchev–Trinajstić information content (AvgIpc) is 3.20. The number of imide groups is 1. The van der Waals surface area contributed by atoms with E-state index in [0.717, 1.165) is 29.5 Å². The Hall–Kier alpha value is -2.41. The topological polar surface area (TPSA) is 70.0 Å². The predicted molar refractivity (Wildman–Crippen MR) is 125 cm³/mol. The van der Waals surface area contributed by atoms with Gasteiger partial charge in [0.1, 0.15) is 0 Å². The molecule has 1 saturated carbocycles. The number of rotatable bonds is 5. The Kier molecular flexibility index (Phi) is 6.17. The van der Waals surface area contributed by atoms with Gasteiger partial charge in [-0.1, -0.05) is 19.8 Å². The molecule has 1 aliphatic carbocycles. The van der Waals surface area contributed by atoms with Crippen LogP contribution in [0.2, 0.25) is 0 Å². The SMILES string of the molecule is C[C@H]1CC[C@H](CN2CCC(Cc3ccn4ncc(N5CCC(=O)NC5=O)c4c3)CC2)CC1. The van der Waals surface area contributed by atoms with Crippen molar-refractivity contribution in [3.05, 3.63) is 30.1 Å². The third-order valence-electron chi connectivity index (χ3n) is 7.79. The first-order chi connectivity index (χ1) is 15.5. The van der Waals surface area contributed by atoms with Crippen LogP contribution in [0.4, 0.5) is 10.5 Å². The summed E-state index contributed by atoms with van der Waals surface area (Å²) in [4.78, 5) is 28.1. The third-order valence-corrected chi connectivity index (χ3v) is 7.79. The van der Waals surface area contributed by atoms with E-state index in [1.807, 2.05) is 10.7 Å². The van der Waals surface area contributed by atoms with E-state index in [1.54, 1.807) is 11.1 Å². The van der Waals surface area contributed by atoms with Gasteiger partial charge in [0.15, 0.2) is 0 Å². The number of hydrogen-bond acceptors (Lipinski definition) is 4. The van der Waals surface area contributed by atoms with Crippen LogP contribution in [-0.4, -0.2) is 52.6 Å². The van der Waals surface area contributed by atoms with Gasteiger partial charge in [-0.15, -0.1) is 0 Å². The standard InChI is InChI=1S/C25H35N5O2/c1-18-2-4-20(5-3-18)17-28-10-6-19(7-11-28)14-21-8-13-30-22(15-21)23(16-26-30)29-12-9-24(31)27-25(29)32/h8,13,15-16,18-20H,2-7,9-12,14,17H2,1H3,(H,27,31,32)/t18-,20-. The molecule has 7 nitrogen and oxygen atoms in total. The van der Waals surface area contributed by atoms with E-state index in [1.165, 1.54) is 63.7 Å². The highest BCUT2D eigenvalue weighted by Gasteiger charge is 2.27. The van der Waals surface area contributed by atoms with Gasteiger partial charge >= 0.3 is 6.03 Å². The minimum atomic E-state index is -0.360. The summed E-state index contributed by atoms with van der Waals surface area (Å²) in [5.41, 5.74) is 3.00. The van der Waals surface area contributed by atoms with Crippen molar-refractivity contribution < 1.29 is 9.59 Å². The highest BCUT2D eigenvalue weighted by atomic mass is 16.2. The Morgan fingerprint density at radius 3 is 2.56 bits per heavy atom. The zero-order valence-corrected chi connectivity index (χ0v) is 19.1. The monoisotopic (exact) mass is 437 g/mol. The van der Waals surface area contributed by atoms with Crippen molar-refractivity contribution >= 4 is 23.1 Å². The second kappa shape index (κ2) is 9.22. The lowest BCUT2D eigenvalue weighted by atomic mass is 9.82. The fourth-order valence-corrected chi connectivity index (χ4v) is 5.72. The zero-order valence-electron chi connectivity index (χ0n) is 19.1. The maximum Gasteiger partial charge on any atom is 0.328 e. The fourth-order valence-electron chi connectivity index (χ4n) is 5.72. The summed E-state index contributed by atoms with van der Waals surface area (Å²) in [5, 5.41) is 6.81. The van der Waals surface area contributed by atoms with E-state index in [-0.39, 0.29) is 11.9 Å². The Morgan fingerprint density at radius 1 is 1.03 bits per heavy atom. The number of amides is 3. The van der Waals surface area contributed by atoms with Crippen molar-refractivity contribution in [2.45, 2.75) is 58.3 Å². The molecule has 3 amide bonds. The molecule has 0 atom stereocenters. The van der Waals surface area contributed by atoms with Crippen LogP contribution in [0.1, 0.15) is 57.4 Å². The van der Waals surface area contributed by atoms with Crippen LogP contribution in [0.3, 0.4) is 0 Å². The number of fused-ring (bicyclic) bond motifs is 1. The maximum absolute atomic E-state index is 12.3. The molecule has 32 heavy (non-hydrogen) atoms. The molecular formula is C25H35N5O2. The minimum Gasteiger partial charge on any atom is -0.303 e. The van der Waals surface area contributed by atoms with Crippen molar-refractivity contribution in [1.82, 2.24) is 19.8 Å². The van der Waals surface area contributed by atoms with Crippen LogP contribution >= 0.6 is 0 Å². The summed E-state index contributed by atoms with van der Waals surface area (Å²) in [6.45, 7) is 6.53. The number of hydrogen-bond donors (Lipinski definition) is 1. The van der Waals surface area contributed by atoms with Gasteiger partial charge in [-0.05, 0) is 80.6 Å². The average molecular weight is 438 g/mol. The number of nitrogens with zero attached hydrogens (tertiary/aromatic N) is 4. The van der Waals surface area contributed by atoms with Crippen LogP contribution in [0.5, 0.6) is 0 Å². The van der Waals surface area contributed by atoms with E-state index in [4.69, 9.17) is 0 Å². The summed E-state index contributed by atoms with van der Waals surface area (Å²) in [5.74, 6) is 2.33. The number of carbonyl (C=O) groups excluding carboxylic acids is 2. The van der Waals surface area contributed by atoms with E-state index in [9.17, 15) is 9.59 Å². The number of piperidine rings is 1. The maximum atomic E-state index is 12.3. The molecule has 0 spiro atoms. The molecular weight excluding hydrogens is 402 g/mol. The summed E-state index contributed by atoms with van der Waals surface area (Å²) in [6.07, 6.45) is 13.3. The first-order valence-corrected chi connectivity index (χ1v) is 12.3. The van der Waals surface area contributed by atoms with Gasteiger partial charge in [-0.2, -0.15) is 5.10 Å². The first kappa shape index (κ1) is 21.4. The molecule has 7 heteroatoms. The largest absolute Gasteiger partial charge is 0.328 e. The van der Waals surface area contributed by atoms with Crippen molar-refractivity contribution in [1.29, 1.82) is 0 Å². The minimum absolute atomic E-state index is 0.215. The van der Waals surface area contributed by atoms with Crippen molar-refractivity contribution in [2.75, 3.05) is 31.1 Å². The van der Waals surface area contributed by atoms with Crippen LogP contribution in [0.25, 0.3) is 5.52 Å². The van der Waals surface area contributed by atoms with Gasteiger partial charge in [0, 0.05) is 25.7 Å². The Labute approximate surface area is 190 Å². The van der Waals surface area contributed by atoms with Crippen molar-refractivity contribution in [3.8, 4) is 0 Å².